The van der Waals surface area contributed by atoms with E-state index in [1.165, 1.54) is 23.5 Å². The van der Waals surface area contributed by atoms with Gasteiger partial charge in [0.25, 0.3) is 10.0 Å². The molecule has 0 bridgehead atoms. The number of aryl methyl sites for hydroxylation is 1. The summed E-state index contributed by atoms with van der Waals surface area (Å²) in [5, 5.41) is 0. The fourth-order valence-electron chi connectivity index (χ4n) is 2.32. The zero-order chi connectivity index (χ0) is 17.3. The van der Waals surface area contributed by atoms with Crippen LogP contribution in [0.15, 0.2) is 64.4 Å². The summed E-state index contributed by atoms with van der Waals surface area (Å²) in [6, 6.07) is 10.5. The van der Waals surface area contributed by atoms with Crippen molar-refractivity contribution >= 4 is 31.6 Å². The second kappa shape index (κ2) is 6.33. The number of benzene rings is 2. The molecule has 0 saturated heterocycles. The molecule has 0 aliphatic rings. The van der Waals surface area contributed by atoms with E-state index in [-0.39, 0.29) is 4.90 Å². The van der Waals surface area contributed by atoms with Gasteiger partial charge in [0.2, 0.25) is 4.80 Å². The van der Waals surface area contributed by atoms with Crippen molar-refractivity contribution in [2.45, 2.75) is 18.4 Å². The van der Waals surface area contributed by atoms with E-state index >= 15 is 0 Å². The normalized spacial score (nSPS) is 12.7. The van der Waals surface area contributed by atoms with E-state index in [4.69, 9.17) is 0 Å². The molecule has 0 aliphatic carbocycles. The molecule has 124 valence electrons. The Morgan fingerprint density at radius 2 is 1.96 bits per heavy atom. The lowest BCUT2D eigenvalue weighted by atomic mass is 10.2. The molecular formula is C17H15FN2O2S2. The summed E-state index contributed by atoms with van der Waals surface area (Å²) in [4.78, 5) is 0.322. The number of thiazole rings is 1. The lowest BCUT2D eigenvalue weighted by Crippen LogP contribution is -2.16. The van der Waals surface area contributed by atoms with Gasteiger partial charge in [0.15, 0.2) is 0 Å². The first-order valence-corrected chi connectivity index (χ1v) is 9.44. The van der Waals surface area contributed by atoms with Crippen LogP contribution in [0.5, 0.6) is 0 Å². The van der Waals surface area contributed by atoms with Crippen molar-refractivity contribution in [2.75, 3.05) is 0 Å². The van der Waals surface area contributed by atoms with Gasteiger partial charge in [-0.1, -0.05) is 23.5 Å². The third kappa shape index (κ3) is 3.18. The third-order valence-electron chi connectivity index (χ3n) is 3.46. The number of hydrogen-bond donors (Lipinski definition) is 0. The summed E-state index contributed by atoms with van der Waals surface area (Å²) in [6.07, 6.45) is 1.69. The van der Waals surface area contributed by atoms with Gasteiger partial charge in [-0.3, -0.25) is 0 Å². The second-order valence-corrected chi connectivity index (χ2v) is 7.89. The summed E-state index contributed by atoms with van der Waals surface area (Å²) in [6.45, 7) is 6.14. The van der Waals surface area contributed by atoms with Gasteiger partial charge in [-0.15, -0.1) is 11.0 Å². The van der Waals surface area contributed by atoms with E-state index in [1.54, 1.807) is 10.6 Å². The Hall–Kier alpha value is -2.25. The molecule has 2 aromatic carbocycles. The van der Waals surface area contributed by atoms with Gasteiger partial charge in [-0.05, 0) is 48.9 Å². The molecule has 1 aromatic heterocycles. The predicted molar refractivity (Wildman–Crippen MR) is 93.9 cm³/mol. The Labute approximate surface area is 143 Å². The molecule has 0 amide bonds. The summed E-state index contributed by atoms with van der Waals surface area (Å²) in [5.41, 5.74) is 1.99. The maximum Gasteiger partial charge on any atom is 0.285 e. The predicted octanol–water partition coefficient (Wildman–Crippen LogP) is 3.63. The first-order chi connectivity index (χ1) is 11.4. The van der Waals surface area contributed by atoms with Crippen molar-refractivity contribution in [3.8, 4) is 0 Å². The van der Waals surface area contributed by atoms with E-state index in [2.05, 4.69) is 11.0 Å². The molecular weight excluding hydrogens is 347 g/mol. The van der Waals surface area contributed by atoms with Gasteiger partial charge in [0.05, 0.1) is 15.1 Å². The largest absolute Gasteiger partial charge is 0.312 e. The maximum absolute atomic E-state index is 13.0. The molecule has 0 unspecified atom stereocenters. The third-order valence-corrected chi connectivity index (χ3v) is 5.90. The molecule has 0 radical (unpaired) electrons. The van der Waals surface area contributed by atoms with Gasteiger partial charge >= 0.3 is 0 Å². The monoisotopic (exact) mass is 362 g/mol. The lowest BCUT2D eigenvalue weighted by molar-refractivity contribution is 0.594. The van der Waals surface area contributed by atoms with Crippen LogP contribution >= 0.6 is 11.3 Å². The molecule has 4 nitrogen and oxygen atoms in total. The van der Waals surface area contributed by atoms with Crippen LogP contribution in [0.4, 0.5) is 4.39 Å². The Balaban J connectivity index is 2.23. The zero-order valence-corrected chi connectivity index (χ0v) is 14.6. The van der Waals surface area contributed by atoms with E-state index in [9.17, 15) is 12.8 Å². The van der Waals surface area contributed by atoms with Gasteiger partial charge in [0.1, 0.15) is 5.82 Å². The number of fused-ring (bicyclic) bond motifs is 1. The summed E-state index contributed by atoms with van der Waals surface area (Å²) < 4.78 is 44.7. The van der Waals surface area contributed by atoms with Gasteiger partial charge in [-0.25, -0.2) is 4.39 Å². The molecule has 0 fully saturated rings. The lowest BCUT2D eigenvalue weighted by Gasteiger charge is -2.02. The SMILES string of the molecule is C=CCn1c(=NS(=O)(=O)c2ccc(F)cc2)sc2cc(C)ccc21. The summed E-state index contributed by atoms with van der Waals surface area (Å²) >= 11 is 1.30. The molecule has 3 aromatic rings. The number of rotatable bonds is 4. The Morgan fingerprint density at radius 1 is 1.25 bits per heavy atom. The molecule has 0 aliphatic heterocycles. The van der Waals surface area contributed by atoms with Crippen molar-refractivity contribution in [3.63, 3.8) is 0 Å². The Morgan fingerprint density at radius 3 is 2.62 bits per heavy atom. The molecule has 7 heteroatoms. The van der Waals surface area contributed by atoms with Gasteiger partial charge in [0, 0.05) is 6.54 Å². The molecule has 24 heavy (non-hydrogen) atoms. The van der Waals surface area contributed by atoms with Crippen molar-refractivity contribution in [3.05, 3.63) is 71.3 Å². The number of allylic oxidation sites excluding steroid dienone is 1. The number of halogens is 1. The summed E-state index contributed by atoms with van der Waals surface area (Å²) in [7, 11) is -3.92. The highest BCUT2D eigenvalue weighted by molar-refractivity contribution is 7.90. The average molecular weight is 362 g/mol. The fraction of sp³-hybridized carbons (Fsp3) is 0.118. The quantitative estimate of drug-likeness (QED) is 0.666. The van der Waals surface area contributed by atoms with Crippen LogP contribution in [-0.4, -0.2) is 13.0 Å². The van der Waals surface area contributed by atoms with Crippen LogP contribution in [0.1, 0.15) is 5.56 Å². The van der Waals surface area contributed by atoms with Gasteiger partial charge < -0.3 is 4.57 Å². The van der Waals surface area contributed by atoms with E-state index in [0.717, 1.165) is 27.9 Å². The van der Waals surface area contributed by atoms with Crippen molar-refractivity contribution in [1.29, 1.82) is 0 Å². The van der Waals surface area contributed by atoms with E-state index in [0.29, 0.717) is 11.3 Å². The van der Waals surface area contributed by atoms with E-state index in [1.807, 2.05) is 25.1 Å². The minimum Gasteiger partial charge on any atom is -0.312 e. The van der Waals surface area contributed by atoms with Crippen LogP contribution in [0, 0.1) is 12.7 Å². The molecule has 1 heterocycles. The fourth-order valence-corrected chi connectivity index (χ4v) is 4.66. The van der Waals surface area contributed by atoms with Crippen molar-refractivity contribution in [2.24, 2.45) is 4.40 Å². The molecule has 3 rings (SSSR count). The second-order valence-electron chi connectivity index (χ2n) is 5.28. The first kappa shape index (κ1) is 16.6. The standard InChI is InChI=1S/C17H15FN2O2S2/c1-3-10-20-15-9-4-12(2)11-16(15)23-17(20)19-24(21,22)14-7-5-13(18)6-8-14/h3-9,11H,1,10H2,2H3. The van der Waals surface area contributed by atoms with Crippen molar-refractivity contribution < 1.29 is 12.8 Å². The van der Waals surface area contributed by atoms with E-state index < -0.39 is 15.8 Å². The van der Waals surface area contributed by atoms with Crippen LogP contribution in [-0.2, 0) is 16.6 Å². The van der Waals surface area contributed by atoms with Gasteiger partial charge in [-0.2, -0.15) is 8.42 Å². The number of hydrogen-bond acceptors (Lipinski definition) is 3. The number of nitrogens with zero attached hydrogens (tertiary/aromatic N) is 2. The maximum atomic E-state index is 13.0. The smallest absolute Gasteiger partial charge is 0.285 e. The Bertz CT molecular complexity index is 1080. The molecule has 0 spiro atoms. The molecule has 0 saturated carbocycles. The van der Waals surface area contributed by atoms with Crippen LogP contribution < -0.4 is 4.80 Å². The highest BCUT2D eigenvalue weighted by Gasteiger charge is 2.14. The minimum atomic E-state index is -3.92. The van der Waals surface area contributed by atoms with Crippen LogP contribution in [0.3, 0.4) is 0 Å². The highest BCUT2D eigenvalue weighted by atomic mass is 32.2. The minimum absolute atomic E-state index is 0.0392. The zero-order valence-electron chi connectivity index (χ0n) is 12.9. The topological polar surface area (TPSA) is 51.4 Å². The van der Waals surface area contributed by atoms with Crippen LogP contribution in [0.2, 0.25) is 0 Å². The number of aromatic nitrogens is 1. The summed E-state index contributed by atoms with van der Waals surface area (Å²) in [5.74, 6) is -0.493. The first-order valence-electron chi connectivity index (χ1n) is 7.18. The molecule has 0 atom stereocenters. The number of sulfonamides is 1. The average Bonchev–Trinajstić information content (AvgIpc) is 2.84. The highest BCUT2D eigenvalue weighted by Crippen LogP contribution is 2.20. The van der Waals surface area contributed by atoms with Crippen LogP contribution in [0.25, 0.3) is 10.2 Å². The Kier molecular flexibility index (Phi) is 4.38. The van der Waals surface area contributed by atoms with Crippen molar-refractivity contribution in [1.82, 2.24) is 4.57 Å². The molecule has 0 N–H and O–H groups in total.